The van der Waals surface area contributed by atoms with Crippen molar-refractivity contribution in [3.63, 3.8) is 0 Å². The highest BCUT2D eigenvalue weighted by atomic mass is 16.5. The summed E-state index contributed by atoms with van der Waals surface area (Å²) in [6.07, 6.45) is 3.00. The van der Waals surface area contributed by atoms with Crippen LogP contribution in [0.1, 0.15) is 36.5 Å². The second kappa shape index (κ2) is 12.0. The zero-order valence-corrected chi connectivity index (χ0v) is 19.2. The zero-order chi connectivity index (χ0) is 22.8. The smallest absolute Gasteiger partial charge is 0.258 e. The number of carbonyl (C=O) groups is 1. The minimum Gasteiger partial charge on any atom is -0.494 e. The van der Waals surface area contributed by atoms with Gasteiger partial charge in [0.2, 0.25) is 0 Å². The van der Waals surface area contributed by atoms with Crippen molar-refractivity contribution in [3.05, 3.63) is 59.2 Å². The second-order valence-corrected chi connectivity index (χ2v) is 7.92. The average molecular weight is 439 g/mol. The van der Waals surface area contributed by atoms with Crippen LogP contribution in [-0.4, -0.2) is 44.7 Å². The highest BCUT2D eigenvalue weighted by Crippen LogP contribution is 2.20. The number of hydrogen-bond donors (Lipinski definition) is 3. The Morgan fingerprint density at radius 1 is 1.09 bits per heavy atom. The number of nitrogens with one attached hydrogen (secondary N) is 3. The van der Waals surface area contributed by atoms with E-state index in [2.05, 4.69) is 46.1 Å². The van der Waals surface area contributed by atoms with Crippen LogP contribution < -0.4 is 25.4 Å². The van der Waals surface area contributed by atoms with Crippen molar-refractivity contribution in [1.82, 2.24) is 16.0 Å². The van der Waals surface area contributed by atoms with Gasteiger partial charge in [0.05, 0.1) is 6.61 Å². The number of guanidine groups is 1. The summed E-state index contributed by atoms with van der Waals surface area (Å²) in [4.78, 5) is 16.0. The number of ether oxygens (including phenoxy) is 2. The lowest BCUT2D eigenvalue weighted by Crippen LogP contribution is -2.37. The molecule has 1 aliphatic rings. The molecule has 0 radical (unpaired) electrons. The standard InChI is InChI=1S/C25H34N4O3/c1-4-31-23-15-18(2)5-8-20(23)16-28-25(26-3)27-14-13-19-6-11-22(12-7-19)32-17-24(30)29-21-9-10-21/h5-8,11-12,15,21H,4,9-10,13-14,16-17H2,1-3H3,(H,29,30)(H2,26,27,28). The molecular weight excluding hydrogens is 404 g/mol. The van der Waals surface area contributed by atoms with E-state index in [9.17, 15) is 4.79 Å². The predicted molar refractivity (Wildman–Crippen MR) is 127 cm³/mol. The van der Waals surface area contributed by atoms with Crippen LogP contribution in [0.3, 0.4) is 0 Å². The average Bonchev–Trinajstić information content (AvgIpc) is 3.61. The minimum absolute atomic E-state index is 0.0568. The van der Waals surface area contributed by atoms with E-state index in [4.69, 9.17) is 9.47 Å². The van der Waals surface area contributed by atoms with Gasteiger partial charge in [-0.3, -0.25) is 9.79 Å². The molecule has 0 unspecified atom stereocenters. The normalized spacial score (nSPS) is 13.4. The number of aryl methyl sites for hydroxylation is 1. The Morgan fingerprint density at radius 2 is 1.88 bits per heavy atom. The van der Waals surface area contributed by atoms with Gasteiger partial charge in [0.1, 0.15) is 11.5 Å². The van der Waals surface area contributed by atoms with Gasteiger partial charge in [-0.05, 0) is 62.4 Å². The number of carbonyl (C=O) groups excluding carboxylic acids is 1. The fourth-order valence-electron chi connectivity index (χ4n) is 3.22. The van der Waals surface area contributed by atoms with E-state index in [1.807, 2.05) is 31.2 Å². The van der Waals surface area contributed by atoms with E-state index in [1.54, 1.807) is 7.05 Å². The van der Waals surface area contributed by atoms with Crippen molar-refractivity contribution in [2.45, 2.75) is 45.7 Å². The summed E-state index contributed by atoms with van der Waals surface area (Å²) in [5.41, 5.74) is 3.46. The number of benzene rings is 2. The van der Waals surface area contributed by atoms with Crippen molar-refractivity contribution in [1.29, 1.82) is 0 Å². The Hall–Kier alpha value is -3.22. The van der Waals surface area contributed by atoms with Gasteiger partial charge in [0.15, 0.2) is 12.6 Å². The number of hydrogen-bond acceptors (Lipinski definition) is 4. The molecule has 0 bridgehead atoms. The maximum Gasteiger partial charge on any atom is 0.258 e. The summed E-state index contributed by atoms with van der Waals surface area (Å²) in [5.74, 6) is 2.30. The Morgan fingerprint density at radius 3 is 2.56 bits per heavy atom. The summed E-state index contributed by atoms with van der Waals surface area (Å²) in [5, 5.41) is 9.60. The van der Waals surface area contributed by atoms with Gasteiger partial charge in [-0.2, -0.15) is 0 Å². The Balaban J connectivity index is 1.39. The maximum absolute atomic E-state index is 11.7. The third kappa shape index (κ3) is 7.80. The Kier molecular flexibility index (Phi) is 8.78. The molecule has 1 aliphatic carbocycles. The summed E-state index contributed by atoms with van der Waals surface area (Å²) < 4.78 is 11.3. The molecule has 0 atom stereocenters. The number of amides is 1. The molecule has 7 nitrogen and oxygen atoms in total. The molecule has 172 valence electrons. The molecule has 1 fully saturated rings. The minimum atomic E-state index is -0.0568. The van der Waals surface area contributed by atoms with E-state index in [-0.39, 0.29) is 12.5 Å². The van der Waals surface area contributed by atoms with Crippen LogP contribution in [0.2, 0.25) is 0 Å². The Labute approximate surface area is 190 Å². The molecule has 1 amide bonds. The molecule has 0 heterocycles. The van der Waals surface area contributed by atoms with Gasteiger partial charge in [-0.25, -0.2) is 0 Å². The highest BCUT2D eigenvalue weighted by Gasteiger charge is 2.23. The first-order valence-corrected chi connectivity index (χ1v) is 11.2. The summed E-state index contributed by atoms with van der Waals surface area (Å²) in [7, 11) is 1.76. The second-order valence-electron chi connectivity index (χ2n) is 7.92. The fraction of sp³-hybridized carbons (Fsp3) is 0.440. The lowest BCUT2D eigenvalue weighted by Gasteiger charge is -2.15. The van der Waals surface area contributed by atoms with Crippen molar-refractivity contribution in [2.24, 2.45) is 4.99 Å². The van der Waals surface area contributed by atoms with Crippen molar-refractivity contribution >= 4 is 11.9 Å². The van der Waals surface area contributed by atoms with Crippen LogP contribution in [0.5, 0.6) is 11.5 Å². The van der Waals surface area contributed by atoms with E-state index >= 15 is 0 Å². The van der Waals surface area contributed by atoms with E-state index < -0.39 is 0 Å². The SMILES string of the molecule is CCOc1cc(C)ccc1CNC(=NC)NCCc1ccc(OCC(=O)NC2CC2)cc1. The third-order valence-electron chi connectivity index (χ3n) is 5.13. The molecule has 3 N–H and O–H groups in total. The lowest BCUT2D eigenvalue weighted by molar-refractivity contribution is -0.123. The molecule has 0 aromatic heterocycles. The summed E-state index contributed by atoms with van der Waals surface area (Å²) in [6, 6.07) is 14.4. The van der Waals surface area contributed by atoms with Crippen LogP contribution in [0.15, 0.2) is 47.5 Å². The van der Waals surface area contributed by atoms with Crippen molar-refractivity contribution in [2.75, 3.05) is 26.8 Å². The summed E-state index contributed by atoms with van der Waals surface area (Å²) >= 11 is 0. The monoisotopic (exact) mass is 438 g/mol. The number of aliphatic imine (C=N–C) groups is 1. The fourth-order valence-corrected chi connectivity index (χ4v) is 3.22. The Bertz CT molecular complexity index is 908. The van der Waals surface area contributed by atoms with E-state index in [1.165, 1.54) is 11.1 Å². The molecule has 0 saturated heterocycles. The van der Waals surface area contributed by atoms with Gasteiger partial charge in [0.25, 0.3) is 5.91 Å². The molecule has 0 spiro atoms. The van der Waals surface area contributed by atoms with Crippen molar-refractivity contribution in [3.8, 4) is 11.5 Å². The van der Waals surface area contributed by atoms with Crippen LogP contribution in [0, 0.1) is 6.92 Å². The first kappa shape index (κ1) is 23.4. The molecule has 3 rings (SSSR count). The molecule has 2 aromatic rings. The molecular formula is C25H34N4O3. The molecule has 32 heavy (non-hydrogen) atoms. The summed E-state index contributed by atoms with van der Waals surface area (Å²) in [6.45, 7) is 6.13. The zero-order valence-electron chi connectivity index (χ0n) is 19.2. The molecule has 0 aliphatic heterocycles. The topological polar surface area (TPSA) is 84.0 Å². The van der Waals surface area contributed by atoms with Gasteiger partial charge in [0, 0.05) is 31.7 Å². The van der Waals surface area contributed by atoms with Gasteiger partial charge < -0.3 is 25.4 Å². The molecule has 2 aromatic carbocycles. The van der Waals surface area contributed by atoms with E-state index in [0.29, 0.717) is 24.9 Å². The van der Waals surface area contributed by atoms with Gasteiger partial charge in [-0.15, -0.1) is 0 Å². The van der Waals surface area contributed by atoms with Crippen LogP contribution in [0.25, 0.3) is 0 Å². The van der Waals surface area contributed by atoms with E-state index in [0.717, 1.165) is 43.1 Å². The first-order chi connectivity index (χ1) is 15.6. The first-order valence-electron chi connectivity index (χ1n) is 11.2. The molecule has 7 heteroatoms. The molecule has 1 saturated carbocycles. The number of nitrogens with zero attached hydrogens (tertiary/aromatic N) is 1. The third-order valence-corrected chi connectivity index (χ3v) is 5.13. The maximum atomic E-state index is 11.7. The number of rotatable bonds is 11. The highest BCUT2D eigenvalue weighted by molar-refractivity contribution is 5.79. The lowest BCUT2D eigenvalue weighted by atomic mass is 10.1. The van der Waals surface area contributed by atoms with Gasteiger partial charge in [-0.1, -0.05) is 24.3 Å². The largest absolute Gasteiger partial charge is 0.494 e. The van der Waals surface area contributed by atoms with Crippen LogP contribution in [0.4, 0.5) is 0 Å². The van der Waals surface area contributed by atoms with Crippen LogP contribution in [-0.2, 0) is 17.8 Å². The quantitative estimate of drug-likeness (QED) is 0.371. The van der Waals surface area contributed by atoms with Crippen molar-refractivity contribution < 1.29 is 14.3 Å². The van der Waals surface area contributed by atoms with Gasteiger partial charge >= 0.3 is 0 Å². The van der Waals surface area contributed by atoms with Crippen LogP contribution >= 0.6 is 0 Å². The predicted octanol–water partition coefficient (Wildman–Crippen LogP) is 2.96.